The fourth-order valence-corrected chi connectivity index (χ4v) is 3.79. The number of alkyl halides is 2. The summed E-state index contributed by atoms with van der Waals surface area (Å²) in [5.41, 5.74) is -0.281. The highest BCUT2D eigenvalue weighted by molar-refractivity contribution is 6.31. The lowest BCUT2D eigenvalue weighted by Crippen LogP contribution is -2.41. The molecule has 0 atom stereocenters. The average molecular weight is 580 g/mol. The predicted octanol–water partition coefficient (Wildman–Crippen LogP) is 4.60. The smallest absolute Gasteiger partial charge is 0.407 e. The van der Waals surface area contributed by atoms with E-state index in [0.717, 1.165) is 24.0 Å². The number of nitrogens with zero attached hydrogens (tertiary/aromatic N) is 2. The largest absolute Gasteiger partial charge is 0.618 e. The highest BCUT2D eigenvalue weighted by Crippen LogP contribution is 2.28. The minimum atomic E-state index is -3.64. The minimum Gasteiger partial charge on any atom is -0.618 e. The number of nitrogens with one attached hydrogen (secondary N) is 3. The van der Waals surface area contributed by atoms with Crippen molar-refractivity contribution in [1.82, 2.24) is 15.6 Å². The van der Waals surface area contributed by atoms with E-state index in [1.54, 1.807) is 45.0 Å². The first kappa shape index (κ1) is 30.5. The molecule has 1 aromatic carbocycles. The fraction of sp³-hybridized carbons (Fsp3) is 0.333. The normalized spacial score (nSPS) is 11.6. The van der Waals surface area contributed by atoms with Crippen molar-refractivity contribution >= 4 is 29.4 Å². The fourth-order valence-electron chi connectivity index (χ4n) is 3.59. The van der Waals surface area contributed by atoms with Crippen molar-refractivity contribution in [3.05, 3.63) is 93.3 Å². The summed E-state index contributed by atoms with van der Waals surface area (Å²) in [6, 6.07) is 10.6. The maximum atomic E-state index is 15.1. The molecule has 3 rings (SSSR count). The molecule has 0 fully saturated rings. The van der Waals surface area contributed by atoms with E-state index in [2.05, 4.69) is 20.9 Å². The van der Waals surface area contributed by atoms with Crippen molar-refractivity contribution < 1.29 is 32.2 Å². The highest BCUT2D eigenvalue weighted by Gasteiger charge is 2.39. The number of carbonyl (C=O) groups is 2. The Morgan fingerprint density at radius 3 is 2.30 bits per heavy atom. The summed E-state index contributed by atoms with van der Waals surface area (Å²) in [6.45, 7) is 4.34. The summed E-state index contributed by atoms with van der Waals surface area (Å²) in [6.07, 6.45) is 0.890. The van der Waals surface area contributed by atoms with Gasteiger partial charge in [-0.15, -0.1) is 0 Å². The molecular formula is C27H29ClF3N5O4. The molecule has 0 bridgehead atoms. The van der Waals surface area contributed by atoms with Gasteiger partial charge in [0.1, 0.15) is 5.60 Å². The number of anilines is 1. The lowest BCUT2D eigenvalue weighted by atomic mass is 10.1. The van der Waals surface area contributed by atoms with Gasteiger partial charge >= 0.3 is 12.0 Å². The second-order valence-electron chi connectivity index (χ2n) is 9.79. The van der Waals surface area contributed by atoms with Gasteiger partial charge in [-0.1, -0.05) is 35.9 Å². The molecule has 13 heteroatoms. The Kier molecular flexibility index (Phi) is 9.80. The highest BCUT2D eigenvalue weighted by atomic mass is 35.5. The molecule has 0 radical (unpaired) electrons. The monoisotopic (exact) mass is 579 g/mol. The third kappa shape index (κ3) is 8.47. The zero-order valence-corrected chi connectivity index (χ0v) is 22.8. The van der Waals surface area contributed by atoms with E-state index in [9.17, 15) is 23.6 Å². The number of benzene rings is 1. The molecule has 0 spiro atoms. The number of hydrogen-bond acceptors (Lipinski definition) is 6. The number of carbonyl (C=O) groups excluding carboxylic acids is 2. The van der Waals surface area contributed by atoms with Crippen molar-refractivity contribution in [3.63, 3.8) is 0 Å². The molecule has 0 saturated carbocycles. The van der Waals surface area contributed by atoms with Gasteiger partial charge in [-0.25, -0.2) is 14.2 Å². The quantitative estimate of drug-likeness (QED) is 0.239. The van der Waals surface area contributed by atoms with Gasteiger partial charge in [0.2, 0.25) is 5.91 Å². The van der Waals surface area contributed by atoms with Crippen LogP contribution in [0.3, 0.4) is 0 Å². The number of ether oxygens (including phenoxy) is 1. The maximum absolute atomic E-state index is 15.1. The van der Waals surface area contributed by atoms with E-state index in [4.69, 9.17) is 16.3 Å². The Bertz CT molecular complexity index is 1370. The molecule has 3 aromatic rings. The van der Waals surface area contributed by atoms with Gasteiger partial charge in [0.25, 0.3) is 5.69 Å². The summed E-state index contributed by atoms with van der Waals surface area (Å²) in [5, 5.41) is 19.1. The first-order chi connectivity index (χ1) is 18.8. The molecule has 40 heavy (non-hydrogen) atoms. The molecule has 0 unspecified atom stereocenters. The summed E-state index contributed by atoms with van der Waals surface area (Å²) in [5.74, 6) is -5.84. The zero-order chi connectivity index (χ0) is 29.5. The van der Waals surface area contributed by atoms with Crippen LogP contribution in [0.25, 0.3) is 0 Å². The Morgan fingerprint density at radius 1 is 1.05 bits per heavy atom. The molecule has 9 nitrogen and oxygen atoms in total. The average Bonchev–Trinajstić information content (AvgIpc) is 2.88. The van der Waals surface area contributed by atoms with E-state index in [1.807, 2.05) is 0 Å². The van der Waals surface area contributed by atoms with Crippen LogP contribution in [0.5, 0.6) is 0 Å². The first-order valence-corrected chi connectivity index (χ1v) is 12.6. The third-order valence-electron chi connectivity index (χ3n) is 5.50. The van der Waals surface area contributed by atoms with Gasteiger partial charge in [0, 0.05) is 37.0 Å². The van der Waals surface area contributed by atoms with E-state index in [-0.39, 0.29) is 28.4 Å². The van der Waals surface area contributed by atoms with Crippen LogP contribution < -0.4 is 20.7 Å². The Balaban J connectivity index is 1.63. The van der Waals surface area contributed by atoms with Crippen molar-refractivity contribution in [2.24, 2.45) is 0 Å². The molecule has 0 aliphatic carbocycles. The lowest BCUT2D eigenvalue weighted by Gasteiger charge is -2.20. The van der Waals surface area contributed by atoms with Gasteiger partial charge in [-0.05, 0) is 38.0 Å². The number of hydrogen-bond donors (Lipinski definition) is 3. The van der Waals surface area contributed by atoms with Crippen LogP contribution in [0, 0.1) is 11.0 Å². The number of alkyl carbamates (subject to hydrolysis) is 1. The van der Waals surface area contributed by atoms with Crippen LogP contribution in [0.4, 0.5) is 23.8 Å². The number of halogens is 4. The second-order valence-corrected chi connectivity index (χ2v) is 10.2. The second kappa shape index (κ2) is 12.9. The van der Waals surface area contributed by atoms with Crippen molar-refractivity contribution in [2.75, 3.05) is 11.9 Å². The topological polar surface area (TPSA) is 119 Å². The van der Waals surface area contributed by atoms with Gasteiger partial charge in [0.05, 0.1) is 18.0 Å². The molecule has 0 aliphatic heterocycles. The number of amides is 2. The SMILES string of the molecule is CC(C)(C)OC(=O)NCc1ccccc1CNC(=O)Cc1c(Cl)cnc(NCC(F)(F)c2cccc[n+]2[O-])c1F. The van der Waals surface area contributed by atoms with E-state index < -0.39 is 53.8 Å². The van der Waals surface area contributed by atoms with Gasteiger partial charge < -0.3 is 25.9 Å². The van der Waals surface area contributed by atoms with Crippen LogP contribution in [-0.2, 0) is 35.0 Å². The molecule has 2 heterocycles. The van der Waals surface area contributed by atoms with Gasteiger partial charge in [-0.3, -0.25) is 4.79 Å². The van der Waals surface area contributed by atoms with E-state index in [0.29, 0.717) is 5.56 Å². The van der Waals surface area contributed by atoms with Crippen LogP contribution in [0.15, 0.2) is 54.9 Å². The van der Waals surface area contributed by atoms with Crippen molar-refractivity contribution in [2.45, 2.75) is 51.8 Å². The molecule has 214 valence electrons. The Morgan fingerprint density at radius 2 is 1.68 bits per heavy atom. The van der Waals surface area contributed by atoms with Gasteiger partial charge in [-0.2, -0.15) is 13.5 Å². The number of rotatable bonds is 10. The van der Waals surface area contributed by atoms with Gasteiger partial charge in [0.15, 0.2) is 17.8 Å². The molecule has 2 aromatic heterocycles. The lowest BCUT2D eigenvalue weighted by molar-refractivity contribution is -0.624. The predicted molar refractivity (Wildman–Crippen MR) is 142 cm³/mol. The van der Waals surface area contributed by atoms with E-state index in [1.165, 1.54) is 12.1 Å². The summed E-state index contributed by atoms with van der Waals surface area (Å²) in [4.78, 5) is 28.3. The van der Waals surface area contributed by atoms with Crippen LogP contribution in [0.2, 0.25) is 5.02 Å². The third-order valence-corrected chi connectivity index (χ3v) is 5.82. The van der Waals surface area contributed by atoms with E-state index >= 15 is 4.39 Å². The number of aromatic nitrogens is 2. The maximum Gasteiger partial charge on any atom is 0.407 e. The summed E-state index contributed by atoms with van der Waals surface area (Å²) >= 11 is 6.06. The molecule has 0 saturated heterocycles. The minimum absolute atomic E-state index is 0.0227. The standard InChI is InChI=1S/C27H29ClF3N5O4/c1-26(2,3)40-25(38)34-14-18-9-5-4-8-17(18)13-32-22(37)12-19-20(28)15-33-24(23(19)29)35-16-27(30,31)21-10-6-7-11-36(21)39/h4-11,15H,12-14,16H2,1-3H3,(H,32,37)(H,33,35)(H,34,38). The summed E-state index contributed by atoms with van der Waals surface area (Å²) < 4.78 is 49.4. The molecule has 3 N–H and O–H groups in total. The Hall–Kier alpha value is -4.06. The molecular weight excluding hydrogens is 551 g/mol. The first-order valence-electron chi connectivity index (χ1n) is 12.2. The van der Waals surface area contributed by atoms with Crippen molar-refractivity contribution in [1.29, 1.82) is 0 Å². The van der Waals surface area contributed by atoms with Crippen LogP contribution in [0.1, 0.15) is 43.2 Å². The number of pyridine rings is 2. The van der Waals surface area contributed by atoms with Crippen LogP contribution in [-0.4, -0.2) is 29.1 Å². The zero-order valence-electron chi connectivity index (χ0n) is 22.1. The molecule has 0 aliphatic rings. The van der Waals surface area contributed by atoms with Crippen molar-refractivity contribution in [3.8, 4) is 0 Å². The Labute approximate surface area is 234 Å². The molecule has 2 amide bonds. The van der Waals surface area contributed by atoms with Crippen LogP contribution >= 0.6 is 11.6 Å². The summed E-state index contributed by atoms with van der Waals surface area (Å²) in [7, 11) is 0.